The zero-order valence-corrected chi connectivity index (χ0v) is 11.9. The smallest absolute Gasteiger partial charge is 0.244 e. The molecule has 1 unspecified atom stereocenters. The molecule has 2 heterocycles. The first-order valence-electron chi connectivity index (χ1n) is 6.69. The molecule has 8 heteroatoms. The highest BCUT2D eigenvalue weighted by Gasteiger charge is 2.24. The molecule has 0 aliphatic carbocycles. The molecule has 21 heavy (non-hydrogen) atoms. The first kappa shape index (κ1) is 15.4. The average Bonchev–Trinajstić information content (AvgIpc) is 2.50. The Hall–Kier alpha value is -1.96. The maximum absolute atomic E-state index is 13.7. The van der Waals surface area contributed by atoms with E-state index >= 15 is 0 Å². The number of nitrogens with one attached hydrogen (secondary N) is 2. The van der Waals surface area contributed by atoms with Crippen molar-refractivity contribution in [2.75, 3.05) is 44.0 Å². The third-order valence-corrected chi connectivity index (χ3v) is 3.21. The summed E-state index contributed by atoms with van der Waals surface area (Å²) in [5, 5.41) is 5.21. The van der Waals surface area contributed by atoms with Crippen LogP contribution in [0.4, 0.5) is 20.4 Å². The van der Waals surface area contributed by atoms with Gasteiger partial charge in [0.05, 0.1) is 13.2 Å². The Kier molecular flexibility index (Phi) is 4.89. The molecule has 1 aromatic heterocycles. The van der Waals surface area contributed by atoms with Crippen LogP contribution in [0, 0.1) is 11.6 Å². The molecule has 1 aliphatic rings. The summed E-state index contributed by atoms with van der Waals surface area (Å²) in [7, 11) is 1.48. The summed E-state index contributed by atoms with van der Waals surface area (Å²) >= 11 is 0. The van der Waals surface area contributed by atoms with Crippen molar-refractivity contribution in [1.82, 2.24) is 9.88 Å². The van der Waals surface area contributed by atoms with Crippen LogP contribution < -0.4 is 10.6 Å². The Labute approximate surface area is 121 Å². The number of carbonyl (C=O) groups is 1. The first-order chi connectivity index (χ1) is 10.0. The number of ether oxygens (including phenoxy) is 1. The second kappa shape index (κ2) is 6.66. The maximum Gasteiger partial charge on any atom is 0.244 e. The SMILES string of the molecule is CNc1nc(NC(C)C(=O)N2CCOCC2)c(F)cc1F. The molecule has 0 saturated carbocycles. The van der Waals surface area contributed by atoms with E-state index in [9.17, 15) is 13.6 Å². The lowest BCUT2D eigenvalue weighted by Crippen LogP contribution is -2.47. The van der Waals surface area contributed by atoms with Crippen LogP contribution in [0.15, 0.2) is 6.07 Å². The molecular formula is C13H18F2N4O2. The number of pyridine rings is 1. The van der Waals surface area contributed by atoms with Crippen LogP contribution in [-0.2, 0) is 9.53 Å². The van der Waals surface area contributed by atoms with Crippen LogP contribution in [0.5, 0.6) is 0 Å². The van der Waals surface area contributed by atoms with Crippen molar-refractivity contribution in [3.63, 3.8) is 0 Å². The summed E-state index contributed by atoms with van der Waals surface area (Å²) < 4.78 is 32.2. The number of carbonyl (C=O) groups excluding carboxylic acids is 1. The molecule has 2 rings (SSSR count). The molecular weight excluding hydrogens is 282 g/mol. The topological polar surface area (TPSA) is 66.5 Å². The van der Waals surface area contributed by atoms with Gasteiger partial charge in [-0.1, -0.05) is 0 Å². The maximum atomic E-state index is 13.7. The van der Waals surface area contributed by atoms with Crippen LogP contribution in [0.1, 0.15) is 6.92 Å². The van der Waals surface area contributed by atoms with Gasteiger partial charge < -0.3 is 20.3 Å². The zero-order chi connectivity index (χ0) is 15.4. The second-order valence-corrected chi connectivity index (χ2v) is 4.70. The van der Waals surface area contributed by atoms with E-state index in [1.807, 2.05) is 0 Å². The van der Waals surface area contributed by atoms with E-state index in [2.05, 4.69) is 15.6 Å². The van der Waals surface area contributed by atoms with E-state index in [0.717, 1.165) is 6.07 Å². The third-order valence-electron chi connectivity index (χ3n) is 3.21. The quantitative estimate of drug-likeness (QED) is 0.870. The summed E-state index contributed by atoms with van der Waals surface area (Å²) in [4.78, 5) is 17.6. The number of morpholine rings is 1. The molecule has 2 N–H and O–H groups in total. The summed E-state index contributed by atoms with van der Waals surface area (Å²) in [6, 6.07) is 0.0628. The minimum atomic E-state index is -0.840. The van der Waals surface area contributed by atoms with Gasteiger partial charge in [-0.15, -0.1) is 0 Å². The predicted molar refractivity (Wildman–Crippen MR) is 74.2 cm³/mol. The fourth-order valence-corrected chi connectivity index (χ4v) is 2.07. The fraction of sp³-hybridized carbons (Fsp3) is 0.538. The lowest BCUT2D eigenvalue weighted by Gasteiger charge is -2.29. The summed E-state index contributed by atoms with van der Waals surface area (Å²) in [6.45, 7) is 3.61. The average molecular weight is 300 g/mol. The number of rotatable bonds is 4. The standard InChI is InChI=1S/C13H18F2N4O2/c1-8(13(20)19-3-5-21-6-4-19)17-12-10(15)7-9(14)11(16-2)18-12/h7-8H,3-6H2,1-2H3,(H2,16,17,18). The van der Waals surface area contributed by atoms with Crippen LogP contribution in [0.3, 0.4) is 0 Å². The molecule has 0 aromatic carbocycles. The van der Waals surface area contributed by atoms with Gasteiger partial charge in [0.15, 0.2) is 23.3 Å². The number of amides is 1. The van der Waals surface area contributed by atoms with Crippen LogP contribution in [-0.4, -0.2) is 55.2 Å². The Bertz CT molecular complexity index is 521. The highest BCUT2D eigenvalue weighted by molar-refractivity contribution is 5.84. The van der Waals surface area contributed by atoms with Gasteiger partial charge in [0, 0.05) is 26.2 Å². The van der Waals surface area contributed by atoms with E-state index in [0.29, 0.717) is 26.3 Å². The van der Waals surface area contributed by atoms with Gasteiger partial charge in [0.1, 0.15) is 6.04 Å². The van der Waals surface area contributed by atoms with Gasteiger partial charge in [0.25, 0.3) is 0 Å². The molecule has 1 aliphatic heterocycles. The molecule has 1 saturated heterocycles. The van der Waals surface area contributed by atoms with Gasteiger partial charge in [0.2, 0.25) is 5.91 Å². The van der Waals surface area contributed by atoms with E-state index < -0.39 is 17.7 Å². The number of halogens is 2. The summed E-state index contributed by atoms with van der Waals surface area (Å²) in [5.41, 5.74) is 0. The van der Waals surface area contributed by atoms with Crippen molar-refractivity contribution in [2.24, 2.45) is 0 Å². The predicted octanol–water partition coefficient (Wildman–Crippen LogP) is 1.06. The number of nitrogens with zero attached hydrogens (tertiary/aromatic N) is 2. The molecule has 0 bridgehead atoms. The van der Waals surface area contributed by atoms with E-state index in [1.54, 1.807) is 11.8 Å². The van der Waals surface area contributed by atoms with Crippen molar-refractivity contribution in [2.45, 2.75) is 13.0 Å². The van der Waals surface area contributed by atoms with Crippen LogP contribution in [0.2, 0.25) is 0 Å². The Balaban J connectivity index is 2.08. The van der Waals surface area contributed by atoms with Crippen LogP contribution in [0.25, 0.3) is 0 Å². The number of anilines is 2. The number of hydrogen-bond donors (Lipinski definition) is 2. The largest absolute Gasteiger partial charge is 0.378 e. The van der Waals surface area contributed by atoms with E-state index in [1.165, 1.54) is 7.05 Å². The lowest BCUT2D eigenvalue weighted by molar-refractivity contribution is -0.135. The molecule has 1 aromatic rings. The van der Waals surface area contributed by atoms with Gasteiger partial charge in [-0.25, -0.2) is 13.8 Å². The Morgan fingerprint density at radius 1 is 1.33 bits per heavy atom. The highest BCUT2D eigenvalue weighted by atomic mass is 19.1. The minimum Gasteiger partial charge on any atom is -0.378 e. The van der Waals surface area contributed by atoms with Crippen molar-refractivity contribution in [1.29, 1.82) is 0 Å². The normalized spacial score (nSPS) is 16.5. The molecule has 1 atom stereocenters. The van der Waals surface area contributed by atoms with Crippen molar-refractivity contribution < 1.29 is 18.3 Å². The summed E-state index contributed by atoms with van der Waals surface area (Å²) in [6.07, 6.45) is 0. The molecule has 116 valence electrons. The monoisotopic (exact) mass is 300 g/mol. The second-order valence-electron chi connectivity index (χ2n) is 4.70. The van der Waals surface area contributed by atoms with Gasteiger partial charge in [-0.2, -0.15) is 0 Å². The Morgan fingerprint density at radius 3 is 2.57 bits per heavy atom. The highest BCUT2D eigenvalue weighted by Crippen LogP contribution is 2.19. The lowest BCUT2D eigenvalue weighted by atomic mass is 10.2. The number of hydrogen-bond acceptors (Lipinski definition) is 5. The van der Waals surface area contributed by atoms with Crippen LogP contribution >= 0.6 is 0 Å². The first-order valence-corrected chi connectivity index (χ1v) is 6.69. The van der Waals surface area contributed by atoms with Gasteiger partial charge >= 0.3 is 0 Å². The van der Waals surface area contributed by atoms with Gasteiger partial charge in [-0.3, -0.25) is 4.79 Å². The minimum absolute atomic E-state index is 0.0788. The fourth-order valence-electron chi connectivity index (χ4n) is 2.07. The summed E-state index contributed by atoms with van der Waals surface area (Å²) in [5.74, 6) is -2.03. The van der Waals surface area contributed by atoms with Gasteiger partial charge in [-0.05, 0) is 6.92 Å². The molecule has 6 nitrogen and oxygen atoms in total. The van der Waals surface area contributed by atoms with Crippen molar-refractivity contribution in [3.8, 4) is 0 Å². The third kappa shape index (κ3) is 3.57. The molecule has 1 amide bonds. The molecule has 1 fully saturated rings. The Morgan fingerprint density at radius 2 is 1.95 bits per heavy atom. The van der Waals surface area contributed by atoms with E-state index in [-0.39, 0.29) is 17.5 Å². The van der Waals surface area contributed by atoms with Crippen molar-refractivity contribution in [3.05, 3.63) is 17.7 Å². The van der Waals surface area contributed by atoms with Crippen molar-refractivity contribution >= 4 is 17.5 Å². The zero-order valence-electron chi connectivity index (χ0n) is 11.9. The molecule has 0 spiro atoms. The molecule has 0 radical (unpaired) electrons. The number of aromatic nitrogens is 1. The van der Waals surface area contributed by atoms with E-state index in [4.69, 9.17) is 4.74 Å².